The Morgan fingerprint density at radius 1 is 1.43 bits per heavy atom. The highest BCUT2D eigenvalue weighted by molar-refractivity contribution is 5.27. The summed E-state index contributed by atoms with van der Waals surface area (Å²) >= 11 is 0. The smallest absolute Gasteiger partial charge is 0.0675 e. The molecule has 1 nitrogen and oxygen atoms in total. The Hall–Kier alpha value is -0.780. The second-order valence-electron chi connectivity index (χ2n) is 7.96. The van der Waals surface area contributed by atoms with E-state index in [0.717, 1.165) is 6.42 Å². The Labute approximate surface area is 130 Å². The van der Waals surface area contributed by atoms with Crippen LogP contribution in [-0.4, -0.2) is 12.2 Å². The third-order valence-corrected chi connectivity index (χ3v) is 5.85. The normalized spacial score (nSPS) is 39.5. The molecule has 4 aliphatic rings. The monoisotopic (exact) mass is 286 g/mol. The Balaban J connectivity index is 1.85. The molecule has 0 aromatic rings. The van der Waals surface area contributed by atoms with E-state index >= 15 is 0 Å². The highest BCUT2D eigenvalue weighted by Gasteiger charge is 2.45. The lowest BCUT2D eigenvalue weighted by atomic mass is 9.63. The van der Waals surface area contributed by atoms with Crippen LogP contribution in [0.3, 0.4) is 0 Å². The fourth-order valence-corrected chi connectivity index (χ4v) is 4.62. The van der Waals surface area contributed by atoms with Crippen LogP contribution in [0.5, 0.6) is 0 Å². The van der Waals surface area contributed by atoms with Crippen molar-refractivity contribution in [2.45, 2.75) is 77.9 Å². The van der Waals surface area contributed by atoms with Gasteiger partial charge in [0.15, 0.2) is 0 Å². The molecule has 0 radical (unpaired) electrons. The Morgan fingerprint density at radius 3 is 2.76 bits per heavy atom. The van der Waals surface area contributed by atoms with Crippen LogP contribution in [0.25, 0.3) is 0 Å². The van der Waals surface area contributed by atoms with Crippen LogP contribution >= 0.6 is 0 Å². The van der Waals surface area contributed by atoms with Crippen LogP contribution in [0.4, 0.5) is 0 Å². The molecule has 116 valence electrons. The summed E-state index contributed by atoms with van der Waals surface area (Å²) in [6.07, 6.45) is 12.2. The van der Waals surface area contributed by atoms with E-state index in [4.69, 9.17) is 4.74 Å². The lowest BCUT2D eigenvalue weighted by Crippen LogP contribution is -2.49. The minimum Gasteiger partial charge on any atom is -0.374 e. The Morgan fingerprint density at radius 2 is 2.19 bits per heavy atom. The van der Waals surface area contributed by atoms with Gasteiger partial charge < -0.3 is 4.74 Å². The minimum atomic E-state index is 0.440. The molecule has 2 saturated carbocycles. The fourth-order valence-electron chi connectivity index (χ4n) is 4.62. The first-order chi connectivity index (χ1) is 10.0. The van der Waals surface area contributed by atoms with Gasteiger partial charge in [-0.25, -0.2) is 0 Å². The van der Waals surface area contributed by atoms with E-state index in [2.05, 4.69) is 39.2 Å². The predicted octanol–water partition coefficient (Wildman–Crippen LogP) is 5.43. The highest BCUT2D eigenvalue weighted by Crippen LogP contribution is 2.50. The van der Waals surface area contributed by atoms with Gasteiger partial charge in [0.1, 0.15) is 0 Å². The molecule has 4 unspecified atom stereocenters. The molecule has 2 aliphatic carbocycles. The van der Waals surface area contributed by atoms with Gasteiger partial charge in [0.2, 0.25) is 0 Å². The van der Waals surface area contributed by atoms with Crippen LogP contribution in [-0.2, 0) is 4.74 Å². The van der Waals surface area contributed by atoms with Crippen LogP contribution < -0.4 is 0 Å². The molecule has 0 aromatic heterocycles. The zero-order chi connectivity index (χ0) is 15.0. The largest absolute Gasteiger partial charge is 0.374 e. The quantitative estimate of drug-likeness (QED) is 0.496. The van der Waals surface area contributed by atoms with Crippen molar-refractivity contribution in [3.8, 4) is 0 Å². The van der Waals surface area contributed by atoms with Crippen LogP contribution in [0.2, 0.25) is 0 Å². The van der Waals surface area contributed by atoms with Gasteiger partial charge in [-0.05, 0) is 49.5 Å². The van der Waals surface area contributed by atoms with Crippen molar-refractivity contribution < 1.29 is 4.74 Å². The molecule has 21 heavy (non-hydrogen) atoms. The van der Waals surface area contributed by atoms with Crippen molar-refractivity contribution in [3.63, 3.8) is 0 Å². The number of hydrogen-bond donors (Lipinski definition) is 0. The molecule has 2 saturated heterocycles. The summed E-state index contributed by atoms with van der Waals surface area (Å²) in [7, 11) is 0. The zero-order valence-electron chi connectivity index (χ0n) is 14.0. The lowest BCUT2D eigenvalue weighted by Gasteiger charge is -2.49. The lowest BCUT2D eigenvalue weighted by molar-refractivity contribution is -0.178. The summed E-state index contributed by atoms with van der Waals surface area (Å²) in [6, 6.07) is 0. The maximum absolute atomic E-state index is 6.00. The van der Waals surface area contributed by atoms with Crippen molar-refractivity contribution in [1.29, 1.82) is 0 Å². The summed E-state index contributed by atoms with van der Waals surface area (Å²) in [5.74, 6) is 1.14. The number of fused-ring (bicyclic) bond motifs is 2. The van der Waals surface area contributed by atoms with Gasteiger partial charge in [-0.15, -0.1) is 5.73 Å². The maximum Gasteiger partial charge on any atom is 0.0675 e. The van der Waals surface area contributed by atoms with Gasteiger partial charge in [0.25, 0.3) is 0 Å². The molecule has 4 fully saturated rings. The topological polar surface area (TPSA) is 9.23 Å². The standard InChI is InChI=1S/C20H30O/c1-5-7-14-10-11-20(3,4)13-18(14)16(6-2)17-9-8-15-12-19(17)21-15/h7,15,17-19H,2,5,8-13H2,1,3-4H3/b14-7+. The number of hydrogen-bond acceptors (Lipinski definition) is 1. The van der Waals surface area contributed by atoms with Gasteiger partial charge in [0.05, 0.1) is 12.2 Å². The van der Waals surface area contributed by atoms with Crippen LogP contribution in [0.1, 0.15) is 65.7 Å². The summed E-state index contributed by atoms with van der Waals surface area (Å²) in [5.41, 5.74) is 6.92. The Kier molecular flexibility index (Phi) is 4.17. The van der Waals surface area contributed by atoms with Gasteiger partial charge >= 0.3 is 0 Å². The van der Waals surface area contributed by atoms with Crippen LogP contribution in [0.15, 0.2) is 29.5 Å². The SMILES string of the molecule is C=C=C(C1CC(C)(C)CC/C1=C\CC)C1CCC2CC1O2. The minimum absolute atomic E-state index is 0.440. The van der Waals surface area contributed by atoms with E-state index < -0.39 is 0 Å². The summed E-state index contributed by atoms with van der Waals surface area (Å²) in [4.78, 5) is 0. The van der Waals surface area contributed by atoms with Crippen molar-refractivity contribution in [1.82, 2.24) is 0 Å². The molecule has 0 N–H and O–H groups in total. The van der Waals surface area contributed by atoms with E-state index in [1.165, 1.54) is 44.1 Å². The van der Waals surface area contributed by atoms with Gasteiger partial charge in [-0.3, -0.25) is 0 Å². The van der Waals surface area contributed by atoms with Crippen molar-refractivity contribution in [2.24, 2.45) is 17.3 Å². The molecule has 2 bridgehead atoms. The molecule has 0 amide bonds. The average Bonchev–Trinajstić information content (AvgIpc) is 2.42. The average molecular weight is 286 g/mol. The summed E-state index contributed by atoms with van der Waals surface area (Å²) in [6.45, 7) is 11.1. The maximum atomic E-state index is 6.00. The highest BCUT2D eigenvalue weighted by atomic mass is 16.5. The molecular weight excluding hydrogens is 256 g/mol. The Bertz CT molecular complexity index is 469. The molecule has 1 heteroatoms. The van der Waals surface area contributed by atoms with E-state index in [0.29, 0.717) is 29.5 Å². The first-order valence-corrected chi connectivity index (χ1v) is 8.78. The summed E-state index contributed by atoms with van der Waals surface area (Å²) < 4.78 is 6.00. The molecule has 2 heterocycles. The first kappa shape index (κ1) is 15.1. The van der Waals surface area contributed by atoms with Gasteiger partial charge in [-0.1, -0.05) is 39.0 Å². The van der Waals surface area contributed by atoms with E-state index in [9.17, 15) is 0 Å². The zero-order valence-corrected chi connectivity index (χ0v) is 14.0. The van der Waals surface area contributed by atoms with Crippen LogP contribution in [0, 0.1) is 17.3 Å². The van der Waals surface area contributed by atoms with E-state index in [1.807, 2.05) is 0 Å². The number of rotatable bonds is 3. The molecule has 0 spiro atoms. The van der Waals surface area contributed by atoms with E-state index in [1.54, 1.807) is 5.57 Å². The van der Waals surface area contributed by atoms with E-state index in [-0.39, 0.29) is 0 Å². The molecule has 4 rings (SSSR count). The third kappa shape index (κ3) is 2.91. The summed E-state index contributed by atoms with van der Waals surface area (Å²) in [5, 5.41) is 0. The number of ether oxygens (including phenoxy) is 1. The fraction of sp³-hybridized carbons (Fsp3) is 0.750. The molecule has 4 atom stereocenters. The van der Waals surface area contributed by atoms with Crippen molar-refractivity contribution in [3.05, 3.63) is 29.5 Å². The number of allylic oxidation sites excluding steroid dienone is 2. The van der Waals surface area contributed by atoms with Gasteiger partial charge in [0, 0.05) is 18.3 Å². The molecule has 2 aliphatic heterocycles. The second kappa shape index (κ2) is 5.78. The molecule has 0 aromatic carbocycles. The van der Waals surface area contributed by atoms with Gasteiger partial charge in [-0.2, -0.15) is 0 Å². The van der Waals surface area contributed by atoms with Crippen molar-refractivity contribution in [2.75, 3.05) is 0 Å². The molecular formula is C20H30O. The van der Waals surface area contributed by atoms with Crippen molar-refractivity contribution >= 4 is 0 Å². The second-order valence-corrected chi connectivity index (χ2v) is 7.96. The third-order valence-electron chi connectivity index (χ3n) is 5.85. The predicted molar refractivity (Wildman–Crippen MR) is 88.2 cm³/mol. The first-order valence-electron chi connectivity index (χ1n) is 8.78.